The molecule has 98 valence electrons. The summed E-state index contributed by atoms with van der Waals surface area (Å²) in [6.07, 6.45) is 3.68. The highest BCUT2D eigenvalue weighted by atomic mass is 31.1. The molecular formula is C18H16OP+. The molecule has 0 N–H and O–H groups in total. The molecule has 1 aliphatic heterocycles. The van der Waals surface area contributed by atoms with Gasteiger partial charge in [0.2, 0.25) is 0 Å². The van der Waals surface area contributed by atoms with Gasteiger partial charge in [0.1, 0.15) is 0 Å². The molecular weight excluding hydrogens is 263 g/mol. The van der Waals surface area contributed by atoms with Crippen molar-refractivity contribution in [1.82, 2.24) is 0 Å². The Morgan fingerprint density at radius 2 is 1.30 bits per heavy atom. The van der Waals surface area contributed by atoms with Crippen molar-refractivity contribution in [3.05, 3.63) is 94.6 Å². The summed E-state index contributed by atoms with van der Waals surface area (Å²) in [5.41, 5.74) is 3.70. The van der Waals surface area contributed by atoms with E-state index in [9.17, 15) is 4.57 Å². The summed E-state index contributed by atoms with van der Waals surface area (Å²) >= 11 is 0. The van der Waals surface area contributed by atoms with E-state index in [2.05, 4.69) is 24.3 Å². The topological polar surface area (TPSA) is 17.1 Å². The van der Waals surface area contributed by atoms with E-state index in [-0.39, 0.29) is 0 Å². The van der Waals surface area contributed by atoms with Gasteiger partial charge >= 0.3 is 7.80 Å². The second kappa shape index (κ2) is 5.98. The quantitative estimate of drug-likeness (QED) is 0.713. The predicted octanol–water partition coefficient (Wildman–Crippen LogP) is 5.08. The molecule has 0 fully saturated rings. The highest BCUT2D eigenvalue weighted by Gasteiger charge is 2.29. The zero-order chi connectivity index (χ0) is 13.8. The van der Waals surface area contributed by atoms with Gasteiger partial charge in [0, 0.05) is 18.4 Å². The van der Waals surface area contributed by atoms with Gasteiger partial charge in [-0.1, -0.05) is 65.2 Å². The standard InChI is InChI=1S/C18H16OP/c19-20-12-11-17(13-15-7-3-1-4-8-15)18(20)14-16-9-5-2-6-10-16/h1-12H,13-14H2/q+1. The molecule has 0 spiro atoms. The number of rotatable bonds is 4. The lowest BCUT2D eigenvalue weighted by Gasteiger charge is -2.02. The third-order valence-electron chi connectivity index (χ3n) is 3.50. The van der Waals surface area contributed by atoms with Crippen molar-refractivity contribution >= 4 is 7.80 Å². The molecule has 0 aromatic heterocycles. The SMILES string of the molecule is O=[P+]1C=CC(Cc2ccccc2)=C1Cc1ccccc1. The van der Waals surface area contributed by atoms with Gasteiger partial charge in [-0.15, -0.1) is 0 Å². The smallest absolute Gasteiger partial charge is 0.0623 e. The molecule has 1 unspecified atom stereocenters. The first-order valence-corrected chi connectivity index (χ1v) is 8.10. The van der Waals surface area contributed by atoms with E-state index in [0.717, 1.165) is 18.2 Å². The van der Waals surface area contributed by atoms with Gasteiger partial charge in [-0.2, -0.15) is 0 Å². The molecule has 2 aromatic rings. The summed E-state index contributed by atoms with van der Waals surface area (Å²) in [5, 5.41) is 1.08. The third kappa shape index (κ3) is 2.95. The Labute approximate surface area is 120 Å². The Kier molecular flexibility index (Phi) is 3.90. The van der Waals surface area contributed by atoms with Crippen LogP contribution in [0.25, 0.3) is 0 Å². The zero-order valence-electron chi connectivity index (χ0n) is 11.2. The Balaban J connectivity index is 1.86. The van der Waals surface area contributed by atoms with Crippen LogP contribution in [0, 0.1) is 0 Å². The largest absolute Gasteiger partial charge is 0.403 e. The molecule has 0 radical (unpaired) electrons. The summed E-state index contributed by atoms with van der Waals surface area (Å²) < 4.78 is 12.2. The van der Waals surface area contributed by atoms with E-state index < -0.39 is 7.80 Å². The fourth-order valence-electron chi connectivity index (χ4n) is 2.44. The Bertz CT molecular complexity index is 626. The minimum Gasteiger partial charge on any atom is -0.0623 e. The molecule has 1 aliphatic rings. The first-order valence-electron chi connectivity index (χ1n) is 6.77. The molecule has 0 amide bonds. The van der Waals surface area contributed by atoms with Gasteiger partial charge in [-0.05, 0) is 17.2 Å². The second-order valence-electron chi connectivity index (χ2n) is 4.94. The summed E-state index contributed by atoms with van der Waals surface area (Å²) in [7, 11) is -1.34. The van der Waals surface area contributed by atoms with Gasteiger partial charge in [-0.3, -0.25) is 0 Å². The summed E-state index contributed by atoms with van der Waals surface area (Å²) in [5.74, 6) is 1.84. The molecule has 1 atom stereocenters. The van der Waals surface area contributed by atoms with E-state index in [1.165, 1.54) is 16.7 Å². The average Bonchev–Trinajstić information content (AvgIpc) is 2.83. The van der Waals surface area contributed by atoms with Crippen molar-refractivity contribution in [3.8, 4) is 0 Å². The van der Waals surface area contributed by atoms with Crippen LogP contribution in [0.2, 0.25) is 0 Å². The van der Waals surface area contributed by atoms with Crippen LogP contribution in [-0.4, -0.2) is 0 Å². The van der Waals surface area contributed by atoms with Crippen LogP contribution >= 0.6 is 7.80 Å². The highest BCUT2D eigenvalue weighted by Crippen LogP contribution is 2.44. The fraction of sp³-hybridized carbons (Fsp3) is 0.111. The second-order valence-corrected chi connectivity index (χ2v) is 6.43. The van der Waals surface area contributed by atoms with Gasteiger partial charge in [-0.25, -0.2) is 0 Å². The maximum atomic E-state index is 12.2. The van der Waals surface area contributed by atoms with E-state index in [0.29, 0.717) is 0 Å². The first kappa shape index (κ1) is 13.0. The van der Waals surface area contributed by atoms with Crippen LogP contribution in [0.4, 0.5) is 0 Å². The van der Waals surface area contributed by atoms with Crippen molar-refractivity contribution < 1.29 is 4.57 Å². The lowest BCUT2D eigenvalue weighted by atomic mass is 10.0. The summed E-state index contributed by atoms with van der Waals surface area (Å²) in [6, 6.07) is 20.6. The maximum Gasteiger partial charge on any atom is 0.403 e. The van der Waals surface area contributed by atoms with E-state index in [1.807, 2.05) is 48.3 Å². The molecule has 0 saturated carbocycles. The predicted molar refractivity (Wildman–Crippen MR) is 84.1 cm³/mol. The van der Waals surface area contributed by atoms with Crippen LogP contribution < -0.4 is 0 Å². The monoisotopic (exact) mass is 279 g/mol. The third-order valence-corrected chi connectivity index (χ3v) is 4.90. The maximum absolute atomic E-state index is 12.2. The molecule has 3 rings (SSSR count). The number of hydrogen-bond acceptors (Lipinski definition) is 1. The number of hydrogen-bond donors (Lipinski definition) is 0. The molecule has 1 nitrogen and oxygen atoms in total. The van der Waals surface area contributed by atoms with Gasteiger partial charge in [0.05, 0.1) is 0 Å². The number of benzene rings is 2. The molecule has 2 heteroatoms. The molecule has 20 heavy (non-hydrogen) atoms. The molecule has 0 aliphatic carbocycles. The van der Waals surface area contributed by atoms with Gasteiger partial charge in [0.15, 0.2) is 11.1 Å². The van der Waals surface area contributed by atoms with Crippen molar-refractivity contribution in [3.63, 3.8) is 0 Å². The summed E-state index contributed by atoms with van der Waals surface area (Å²) in [4.78, 5) is 0. The van der Waals surface area contributed by atoms with E-state index in [1.54, 1.807) is 0 Å². The summed E-state index contributed by atoms with van der Waals surface area (Å²) in [6.45, 7) is 0. The highest BCUT2D eigenvalue weighted by molar-refractivity contribution is 7.53. The van der Waals surface area contributed by atoms with Crippen molar-refractivity contribution in [2.24, 2.45) is 0 Å². The minimum absolute atomic E-state index is 0.783. The van der Waals surface area contributed by atoms with E-state index >= 15 is 0 Å². The Morgan fingerprint density at radius 1 is 0.750 bits per heavy atom. The van der Waals surface area contributed by atoms with E-state index in [4.69, 9.17) is 0 Å². The van der Waals surface area contributed by atoms with Crippen LogP contribution in [0.3, 0.4) is 0 Å². The molecule has 2 aromatic carbocycles. The Hall–Kier alpha value is -1.98. The lowest BCUT2D eigenvalue weighted by Crippen LogP contribution is -1.93. The Morgan fingerprint density at radius 3 is 1.90 bits per heavy atom. The van der Waals surface area contributed by atoms with Gasteiger partial charge < -0.3 is 0 Å². The average molecular weight is 279 g/mol. The van der Waals surface area contributed by atoms with Crippen LogP contribution in [0.1, 0.15) is 11.1 Å². The van der Waals surface area contributed by atoms with Crippen LogP contribution in [0.5, 0.6) is 0 Å². The molecule has 1 heterocycles. The molecule has 0 bridgehead atoms. The fourth-order valence-corrected chi connectivity index (χ4v) is 3.71. The van der Waals surface area contributed by atoms with Crippen LogP contribution in [0.15, 0.2) is 83.4 Å². The van der Waals surface area contributed by atoms with Gasteiger partial charge in [0.25, 0.3) is 0 Å². The lowest BCUT2D eigenvalue weighted by molar-refractivity contribution is 0.595. The minimum atomic E-state index is -1.34. The van der Waals surface area contributed by atoms with Crippen molar-refractivity contribution in [2.75, 3.05) is 0 Å². The number of allylic oxidation sites excluding steroid dienone is 3. The first-order chi connectivity index (χ1) is 9.83. The van der Waals surface area contributed by atoms with Crippen molar-refractivity contribution in [1.29, 1.82) is 0 Å². The van der Waals surface area contributed by atoms with Crippen molar-refractivity contribution in [2.45, 2.75) is 12.8 Å². The normalized spacial score (nSPS) is 15.9. The van der Waals surface area contributed by atoms with Crippen LogP contribution in [-0.2, 0) is 17.4 Å². The zero-order valence-corrected chi connectivity index (χ0v) is 12.1. The molecule has 0 saturated heterocycles.